The normalized spacial score (nSPS) is 11.9. The second-order valence-corrected chi connectivity index (χ2v) is 4.34. The van der Waals surface area contributed by atoms with Crippen molar-refractivity contribution in [2.24, 2.45) is 5.92 Å². The second-order valence-electron chi connectivity index (χ2n) is 4.34. The van der Waals surface area contributed by atoms with Crippen molar-refractivity contribution in [1.82, 2.24) is 0 Å². The van der Waals surface area contributed by atoms with Crippen LogP contribution in [0.1, 0.15) is 35.7 Å². The van der Waals surface area contributed by atoms with Gasteiger partial charge in [0, 0.05) is 12.0 Å². The molecule has 0 bridgehead atoms. The Morgan fingerprint density at radius 1 is 1.17 bits per heavy atom. The van der Waals surface area contributed by atoms with Crippen molar-refractivity contribution < 1.29 is 19.5 Å². The first-order valence-electron chi connectivity index (χ1n) is 5.73. The van der Waals surface area contributed by atoms with Gasteiger partial charge in [-0.15, -0.1) is 0 Å². The number of aliphatic carboxylic acids is 1. The molecule has 0 heterocycles. The van der Waals surface area contributed by atoms with Crippen LogP contribution in [0.4, 0.5) is 0 Å². The van der Waals surface area contributed by atoms with E-state index in [0.29, 0.717) is 5.56 Å². The molecular formula is C14H15O4-. The smallest absolute Gasteiger partial charge is 0.171 e. The quantitative estimate of drug-likeness (QED) is 0.553. The summed E-state index contributed by atoms with van der Waals surface area (Å²) in [5.74, 6) is -3.33. The number of benzene rings is 1. The molecule has 96 valence electrons. The number of carboxylic acid groups (broad SMARTS) is 1. The van der Waals surface area contributed by atoms with Crippen molar-refractivity contribution in [3.8, 4) is 0 Å². The first kappa shape index (κ1) is 14.1. The number of rotatable bonds is 6. The predicted octanol–water partition coefficient (Wildman–Crippen LogP) is 0.913. The third-order valence-electron chi connectivity index (χ3n) is 2.72. The number of hydrogen-bond donors (Lipinski definition) is 0. The van der Waals surface area contributed by atoms with Gasteiger partial charge in [0.25, 0.3) is 0 Å². The number of carbonyl (C=O) groups is 3. The van der Waals surface area contributed by atoms with Gasteiger partial charge in [0.05, 0.1) is 11.9 Å². The molecule has 0 aliphatic rings. The molecule has 0 spiro atoms. The summed E-state index contributed by atoms with van der Waals surface area (Å²) in [4.78, 5) is 33.8. The number of Topliss-reactive ketones (excluding diaryl/α,β-unsaturated/α-hetero) is 2. The topological polar surface area (TPSA) is 74.3 Å². The highest BCUT2D eigenvalue weighted by Crippen LogP contribution is 2.15. The highest BCUT2D eigenvalue weighted by Gasteiger charge is 2.21. The van der Waals surface area contributed by atoms with Gasteiger partial charge in [-0.05, 0) is 20.3 Å². The first-order valence-corrected chi connectivity index (χ1v) is 5.73. The fraction of sp³-hybridized carbons (Fsp3) is 0.357. The van der Waals surface area contributed by atoms with E-state index in [2.05, 4.69) is 0 Å². The van der Waals surface area contributed by atoms with Crippen LogP contribution in [0, 0.1) is 12.8 Å². The average Bonchev–Trinajstić information content (AvgIpc) is 2.29. The summed E-state index contributed by atoms with van der Waals surface area (Å²) in [5, 5.41) is 11.0. The fourth-order valence-corrected chi connectivity index (χ4v) is 1.62. The zero-order valence-corrected chi connectivity index (χ0v) is 10.4. The van der Waals surface area contributed by atoms with Gasteiger partial charge in [0.15, 0.2) is 5.78 Å². The molecule has 1 aromatic rings. The fourth-order valence-electron chi connectivity index (χ4n) is 1.62. The van der Waals surface area contributed by atoms with E-state index in [-0.39, 0.29) is 18.6 Å². The molecular weight excluding hydrogens is 232 g/mol. The summed E-state index contributed by atoms with van der Waals surface area (Å²) in [5.41, 5.74) is 1.32. The van der Waals surface area contributed by atoms with Gasteiger partial charge < -0.3 is 14.7 Å². The minimum absolute atomic E-state index is 0.00955. The molecule has 1 rings (SSSR count). The number of carboxylic acids is 1. The van der Waals surface area contributed by atoms with Gasteiger partial charge in [0.1, 0.15) is 5.78 Å². The van der Waals surface area contributed by atoms with Crippen molar-refractivity contribution >= 4 is 17.5 Å². The summed E-state index contributed by atoms with van der Waals surface area (Å²) in [6.07, 6.45) is 0.0562. The lowest BCUT2D eigenvalue weighted by atomic mass is 9.92. The summed E-state index contributed by atoms with van der Waals surface area (Å²) in [7, 11) is 0. The van der Waals surface area contributed by atoms with Crippen molar-refractivity contribution in [2.75, 3.05) is 0 Å². The van der Waals surface area contributed by atoms with Crippen molar-refractivity contribution in [2.45, 2.75) is 26.7 Å². The largest absolute Gasteiger partial charge is 0.549 e. The standard InChI is InChI=1S/C14H16O4/c1-9-3-6-11(7-4-9)13(16)12(14(17)18)8-5-10(2)15/h3-4,6-7,12H,5,8H2,1-2H3,(H,17,18)/p-1. The van der Waals surface area contributed by atoms with Gasteiger partial charge in [0.2, 0.25) is 0 Å². The molecule has 0 radical (unpaired) electrons. The van der Waals surface area contributed by atoms with Crippen LogP contribution in [0.15, 0.2) is 24.3 Å². The van der Waals surface area contributed by atoms with Gasteiger partial charge in [-0.1, -0.05) is 29.8 Å². The Morgan fingerprint density at radius 3 is 2.17 bits per heavy atom. The van der Waals surface area contributed by atoms with Crippen LogP contribution in [0.5, 0.6) is 0 Å². The molecule has 1 unspecified atom stereocenters. The van der Waals surface area contributed by atoms with Crippen LogP contribution in [-0.2, 0) is 9.59 Å². The molecule has 0 fully saturated rings. The molecule has 18 heavy (non-hydrogen) atoms. The Kier molecular flexibility index (Phi) is 4.77. The lowest BCUT2D eigenvalue weighted by molar-refractivity contribution is -0.309. The van der Waals surface area contributed by atoms with Crippen LogP contribution in [-0.4, -0.2) is 17.5 Å². The van der Waals surface area contributed by atoms with Gasteiger partial charge >= 0.3 is 0 Å². The van der Waals surface area contributed by atoms with Crippen LogP contribution in [0.3, 0.4) is 0 Å². The Morgan fingerprint density at radius 2 is 1.72 bits per heavy atom. The van der Waals surface area contributed by atoms with E-state index in [1.54, 1.807) is 24.3 Å². The highest BCUT2D eigenvalue weighted by atomic mass is 16.4. The lowest BCUT2D eigenvalue weighted by Gasteiger charge is -2.16. The lowest BCUT2D eigenvalue weighted by Crippen LogP contribution is -2.36. The Hall–Kier alpha value is -1.97. The first-order chi connectivity index (χ1) is 8.41. The van der Waals surface area contributed by atoms with E-state index in [9.17, 15) is 19.5 Å². The average molecular weight is 247 g/mol. The third kappa shape index (κ3) is 3.80. The SMILES string of the molecule is CC(=O)CCC(C(=O)[O-])C(=O)c1ccc(C)cc1. The third-order valence-corrected chi connectivity index (χ3v) is 2.72. The molecule has 0 amide bonds. The maximum atomic E-state index is 12.0. The van der Waals surface area contributed by atoms with E-state index >= 15 is 0 Å². The second kappa shape index (κ2) is 6.10. The minimum atomic E-state index is -1.43. The Labute approximate surface area is 106 Å². The van der Waals surface area contributed by atoms with Crippen LogP contribution < -0.4 is 5.11 Å². The maximum absolute atomic E-state index is 12.0. The molecule has 0 N–H and O–H groups in total. The molecule has 1 aromatic carbocycles. The van der Waals surface area contributed by atoms with Gasteiger partial charge in [-0.25, -0.2) is 0 Å². The van der Waals surface area contributed by atoms with Crippen LogP contribution in [0.25, 0.3) is 0 Å². The van der Waals surface area contributed by atoms with Crippen LogP contribution >= 0.6 is 0 Å². The molecule has 0 saturated heterocycles. The van der Waals surface area contributed by atoms with Crippen LogP contribution in [0.2, 0.25) is 0 Å². The summed E-state index contributed by atoms with van der Waals surface area (Å²) < 4.78 is 0. The number of carbonyl (C=O) groups excluding carboxylic acids is 3. The highest BCUT2D eigenvalue weighted by molar-refractivity contribution is 6.07. The molecule has 0 aromatic heterocycles. The zero-order chi connectivity index (χ0) is 13.7. The molecule has 4 nitrogen and oxygen atoms in total. The monoisotopic (exact) mass is 247 g/mol. The number of aryl methyl sites for hydroxylation is 1. The molecule has 0 aliphatic carbocycles. The van der Waals surface area contributed by atoms with Gasteiger partial charge in [-0.2, -0.15) is 0 Å². The van der Waals surface area contributed by atoms with E-state index in [4.69, 9.17) is 0 Å². The summed E-state index contributed by atoms with van der Waals surface area (Å²) in [6, 6.07) is 6.65. The summed E-state index contributed by atoms with van der Waals surface area (Å²) >= 11 is 0. The van der Waals surface area contributed by atoms with E-state index < -0.39 is 17.7 Å². The Balaban J connectivity index is 2.85. The van der Waals surface area contributed by atoms with Crippen molar-refractivity contribution in [3.63, 3.8) is 0 Å². The minimum Gasteiger partial charge on any atom is -0.549 e. The van der Waals surface area contributed by atoms with Crippen molar-refractivity contribution in [1.29, 1.82) is 0 Å². The maximum Gasteiger partial charge on any atom is 0.171 e. The number of hydrogen-bond acceptors (Lipinski definition) is 4. The molecule has 0 aliphatic heterocycles. The number of ketones is 2. The van der Waals surface area contributed by atoms with Crippen molar-refractivity contribution in [3.05, 3.63) is 35.4 Å². The molecule has 0 saturated carbocycles. The zero-order valence-electron chi connectivity index (χ0n) is 10.4. The van der Waals surface area contributed by atoms with E-state index in [1.165, 1.54) is 6.92 Å². The summed E-state index contributed by atoms with van der Waals surface area (Å²) in [6.45, 7) is 3.24. The molecule has 4 heteroatoms. The van der Waals surface area contributed by atoms with E-state index in [1.807, 2.05) is 6.92 Å². The molecule has 1 atom stereocenters. The predicted molar refractivity (Wildman–Crippen MR) is 63.9 cm³/mol. The van der Waals surface area contributed by atoms with Gasteiger partial charge in [-0.3, -0.25) is 4.79 Å². The van der Waals surface area contributed by atoms with E-state index in [0.717, 1.165) is 5.56 Å². The Bertz CT molecular complexity index is 459.